The van der Waals surface area contributed by atoms with Crippen LogP contribution in [0, 0.1) is 23.1 Å². The maximum absolute atomic E-state index is 14.4. The third-order valence-electron chi connectivity index (χ3n) is 7.65. The number of carbonyl (C=O) groups is 3. The van der Waals surface area contributed by atoms with E-state index in [4.69, 9.17) is 0 Å². The molecule has 2 aromatic carbocycles. The first-order valence-electron chi connectivity index (χ1n) is 13.1. The van der Waals surface area contributed by atoms with Crippen LogP contribution in [0.2, 0.25) is 0 Å². The summed E-state index contributed by atoms with van der Waals surface area (Å²) in [4.78, 5) is 45.3. The van der Waals surface area contributed by atoms with E-state index in [1.165, 1.54) is 12.1 Å². The van der Waals surface area contributed by atoms with E-state index in [0.717, 1.165) is 11.3 Å². The number of halogens is 1. The molecule has 0 aliphatic carbocycles. The summed E-state index contributed by atoms with van der Waals surface area (Å²) in [5.41, 5.74) is 0.813. The predicted octanol–water partition coefficient (Wildman–Crippen LogP) is 3.33. The van der Waals surface area contributed by atoms with E-state index in [1.807, 2.05) is 56.0 Å². The fourth-order valence-electron chi connectivity index (χ4n) is 5.40. The first-order valence-corrected chi connectivity index (χ1v) is 13.1. The molecule has 200 valence electrons. The predicted molar refractivity (Wildman–Crippen MR) is 142 cm³/mol. The lowest BCUT2D eigenvalue weighted by Crippen LogP contribution is -2.60. The van der Waals surface area contributed by atoms with Gasteiger partial charge in [-0.05, 0) is 55.0 Å². The normalized spacial score (nSPS) is 17.6. The molecule has 0 bridgehead atoms. The number of hydrogen-bond donors (Lipinski definition) is 1. The summed E-state index contributed by atoms with van der Waals surface area (Å²) in [5.74, 6) is -1.82. The van der Waals surface area contributed by atoms with Crippen molar-refractivity contribution in [3.05, 3.63) is 65.5 Å². The van der Waals surface area contributed by atoms with Crippen molar-refractivity contribution in [3.63, 3.8) is 0 Å². The van der Waals surface area contributed by atoms with Crippen LogP contribution >= 0.6 is 0 Å². The van der Waals surface area contributed by atoms with Crippen LogP contribution in [-0.2, 0) is 16.0 Å². The molecular weight excluding hydrogens is 485 g/mol. The van der Waals surface area contributed by atoms with Crippen molar-refractivity contribution in [1.29, 1.82) is 5.26 Å². The van der Waals surface area contributed by atoms with E-state index in [2.05, 4.69) is 11.4 Å². The topological polar surface area (TPSA) is 96.7 Å². The standard InChI is InChI=1S/C29H34FN5O3/c1-4-21-10-11-24(30)23(18-21)26(36)32-25(20(2)3)27(37)33-15-12-29(13-16-33)28(38)34(17-14-31)19-35(29)22-8-6-5-7-9-22/h5-11,18,20,25H,4,12-13,15-17,19H2,1-3H3,(H,32,36). The van der Waals surface area contributed by atoms with Gasteiger partial charge in [-0.3, -0.25) is 14.4 Å². The molecule has 2 fully saturated rings. The van der Waals surface area contributed by atoms with E-state index in [9.17, 15) is 24.0 Å². The molecule has 2 aromatic rings. The van der Waals surface area contributed by atoms with Crippen LogP contribution in [0.1, 0.15) is 49.5 Å². The van der Waals surface area contributed by atoms with Gasteiger partial charge in [0, 0.05) is 18.8 Å². The molecule has 9 heteroatoms. The number of nitriles is 1. The second-order valence-electron chi connectivity index (χ2n) is 10.3. The quantitative estimate of drug-likeness (QED) is 0.566. The number of piperidine rings is 1. The first kappa shape index (κ1) is 27.1. The zero-order valence-corrected chi connectivity index (χ0v) is 22.1. The van der Waals surface area contributed by atoms with Crippen molar-refractivity contribution >= 4 is 23.4 Å². The lowest BCUT2D eigenvalue weighted by atomic mass is 9.85. The van der Waals surface area contributed by atoms with E-state index >= 15 is 0 Å². The zero-order valence-electron chi connectivity index (χ0n) is 22.1. The fourth-order valence-corrected chi connectivity index (χ4v) is 5.40. The molecule has 0 aromatic heterocycles. The van der Waals surface area contributed by atoms with E-state index in [1.54, 1.807) is 15.9 Å². The van der Waals surface area contributed by atoms with Gasteiger partial charge in [-0.25, -0.2) is 4.39 Å². The number of rotatable bonds is 7. The van der Waals surface area contributed by atoms with Gasteiger partial charge < -0.3 is 20.0 Å². The molecule has 4 rings (SSSR count). The van der Waals surface area contributed by atoms with Gasteiger partial charge >= 0.3 is 0 Å². The van der Waals surface area contributed by atoms with Crippen molar-refractivity contribution in [2.45, 2.75) is 51.6 Å². The summed E-state index contributed by atoms with van der Waals surface area (Å²) in [6, 6.07) is 15.3. The van der Waals surface area contributed by atoms with Gasteiger partial charge in [0.05, 0.1) is 18.3 Å². The summed E-state index contributed by atoms with van der Waals surface area (Å²) < 4.78 is 14.4. The average Bonchev–Trinajstić information content (AvgIpc) is 3.18. The zero-order chi connectivity index (χ0) is 27.4. The summed E-state index contributed by atoms with van der Waals surface area (Å²) in [7, 11) is 0. The number of benzene rings is 2. The second kappa shape index (κ2) is 11.2. The molecule has 2 heterocycles. The Balaban J connectivity index is 1.51. The molecule has 1 N–H and O–H groups in total. The Hall–Kier alpha value is -3.93. The van der Waals surface area contributed by atoms with Crippen LogP contribution in [0.4, 0.5) is 10.1 Å². The summed E-state index contributed by atoms with van der Waals surface area (Å²) in [5, 5.41) is 12.0. The van der Waals surface area contributed by atoms with E-state index in [-0.39, 0.29) is 29.8 Å². The maximum atomic E-state index is 14.4. The lowest BCUT2D eigenvalue weighted by molar-refractivity contribution is -0.140. The molecule has 8 nitrogen and oxygen atoms in total. The van der Waals surface area contributed by atoms with Gasteiger partial charge in [0.2, 0.25) is 5.91 Å². The van der Waals surface area contributed by atoms with Crippen LogP contribution < -0.4 is 10.2 Å². The minimum atomic E-state index is -0.838. The summed E-state index contributed by atoms with van der Waals surface area (Å²) >= 11 is 0. The molecule has 1 spiro atoms. The van der Waals surface area contributed by atoms with Crippen molar-refractivity contribution in [1.82, 2.24) is 15.1 Å². The lowest BCUT2D eigenvalue weighted by Gasteiger charge is -2.44. The van der Waals surface area contributed by atoms with Crippen LogP contribution in [-0.4, -0.2) is 65.4 Å². The second-order valence-corrected chi connectivity index (χ2v) is 10.3. The summed E-state index contributed by atoms with van der Waals surface area (Å²) in [6.45, 7) is 6.57. The van der Waals surface area contributed by atoms with Gasteiger partial charge in [0.25, 0.3) is 11.8 Å². The highest BCUT2D eigenvalue weighted by atomic mass is 19.1. The van der Waals surface area contributed by atoms with Gasteiger partial charge in [0.1, 0.15) is 23.9 Å². The molecule has 38 heavy (non-hydrogen) atoms. The Morgan fingerprint density at radius 1 is 1.13 bits per heavy atom. The Kier molecular flexibility index (Phi) is 8.00. The third kappa shape index (κ3) is 5.08. The Morgan fingerprint density at radius 2 is 1.82 bits per heavy atom. The number of anilines is 1. The number of carbonyl (C=O) groups excluding carboxylic acids is 3. The van der Waals surface area contributed by atoms with E-state index in [0.29, 0.717) is 39.0 Å². The largest absolute Gasteiger partial charge is 0.341 e. The molecule has 3 amide bonds. The Morgan fingerprint density at radius 3 is 2.42 bits per heavy atom. The molecule has 2 aliphatic heterocycles. The molecule has 0 saturated carbocycles. The molecule has 1 unspecified atom stereocenters. The van der Waals surface area contributed by atoms with Crippen molar-refractivity contribution < 1.29 is 18.8 Å². The minimum Gasteiger partial charge on any atom is -0.341 e. The number of amides is 3. The number of likely N-dealkylation sites (tertiary alicyclic amines) is 1. The molecular formula is C29H34FN5O3. The van der Waals surface area contributed by atoms with Crippen LogP contribution in [0.15, 0.2) is 48.5 Å². The summed E-state index contributed by atoms with van der Waals surface area (Å²) in [6.07, 6.45) is 1.47. The SMILES string of the molecule is CCc1ccc(F)c(C(=O)NC(C(=O)N2CCC3(CC2)C(=O)N(CC#N)CN3c2ccccc2)C(C)C)c1. The minimum absolute atomic E-state index is 0.00378. The number of nitrogens with zero attached hydrogens (tertiary/aromatic N) is 4. The monoisotopic (exact) mass is 519 g/mol. The van der Waals surface area contributed by atoms with Gasteiger partial charge in [-0.2, -0.15) is 5.26 Å². The number of hydrogen-bond acceptors (Lipinski definition) is 5. The van der Waals surface area contributed by atoms with Gasteiger partial charge in [-0.1, -0.05) is 45.0 Å². The third-order valence-corrected chi connectivity index (χ3v) is 7.65. The molecule has 2 saturated heterocycles. The number of para-hydroxylation sites is 1. The highest BCUT2D eigenvalue weighted by molar-refractivity contribution is 5.98. The first-order chi connectivity index (χ1) is 18.2. The Labute approximate surface area is 223 Å². The van der Waals surface area contributed by atoms with Crippen LogP contribution in [0.25, 0.3) is 0 Å². The average molecular weight is 520 g/mol. The van der Waals surface area contributed by atoms with Gasteiger partial charge in [-0.15, -0.1) is 0 Å². The van der Waals surface area contributed by atoms with Gasteiger partial charge in [0.15, 0.2) is 0 Å². The van der Waals surface area contributed by atoms with Crippen molar-refractivity contribution in [2.24, 2.45) is 5.92 Å². The van der Waals surface area contributed by atoms with Crippen LogP contribution in [0.3, 0.4) is 0 Å². The molecule has 1 atom stereocenters. The Bertz CT molecular complexity index is 1230. The fraction of sp³-hybridized carbons (Fsp3) is 0.448. The molecule has 0 radical (unpaired) electrons. The molecule has 2 aliphatic rings. The number of nitrogens with one attached hydrogen (secondary N) is 1. The maximum Gasteiger partial charge on any atom is 0.254 e. The van der Waals surface area contributed by atoms with E-state index < -0.39 is 23.3 Å². The van der Waals surface area contributed by atoms with Crippen molar-refractivity contribution in [3.8, 4) is 6.07 Å². The van der Waals surface area contributed by atoms with Crippen molar-refractivity contribution in [2.75, 3.05) is 31.2 Å². The smallest absolute Gasteiger partial charge is 0.254 e. The van der Waals surface area contributed by atoms with Crippen LogP contribution in [0.5, 0.6) is 0 Å². The highest BCUT2D eigenvalue weighted by Crippen LogP contribution is 2.39. The number of aryl methyl sites for hydroxylation is 1. The highest BCUT2D eigenvalue weighted by Gasteiger charge is 2.54.